The first-order chi connectivity index (χ1) is 29.6. The van der Waals surface area contributed by atoms with Crippen molar-refractivity contribution in [2.45, 2.75) is 141 Å². The maximum Gasteiger partial charge on any atom is 0.185 e. The molecule has 1 aromatic heterocycles. The Morgan fingerprint density at radius 2 is 1.73 bits per heavy atom. The second kappa shape index (κ2) is 15.0. The van der Waals surface area contributed by atoms with E-state index in [9.17, 15) is 25.2 Å². The van der Waals surface area contributed by atoms with Crippen molar-refractivity contribution in [3.8, 4) is 0 Å². The van der Waals surface area contributed by atoms with Gasteiger partial charge in [-0.15, -0.1) is 0 Å². The Morgan fingerprint density at radius 1 is 0.935 bits per heavy atom. The minimum atomic E-state index is -1.33. The first-order valence-electron chi connectivity index (χ1n) is 24.4. The zero-order chi connectivity index (χ0) is 43.2. The predicted molar refractivity (Wildman–Crippen MR) is 245 cm³/mol. The Morgan fingerprint density at radius 3 is 2.50 bits per heavy atom. The van der Waals surface area contributed by atoms with Crippen LogP contribution in [-0.4, -0.2) is 83.7 Å². The van der Waals surface area contributed by atoms with E-state index >= 15 is 0 Å². The molecule has 0 amide bonds. The van der Waals surface area contributed by atoms with E-state index in [2.05, 4.69) is 43.4 Å². The van der Waals surface area contributed by atoms with Gasteiger partial charge in [-0.2, -0.15) is 0 Å². The fourth-order valence-corrected chi connectivity index (χ4v) is 20.9. The predicted octanol–water partition coefficient (Wildman–Crippen LogP) is 7.01. The molecule has 0 radical (unpaired) electrons. The summed E-state index contributed by atoms with van der Waals surface area (Å²) in [5.41, 5.74) is 16.8. The number of allylic oxidation sites excluding steroid dienone is 3. The van der Waals surface area contributed by atoms with Gasteiger partial charge in [-0.25, -0.2) is 4.98 Å². The summed E-state index contributed by atoms with van der Waals surface area (Å²) in [6, 6.07) is 0.205. The van der Waals surface area contributed by atoms with E-state index in [1.165, 1.54) is 25.7 Å². The summed E-state index contributed by atoms with van der Waals surface area (Å²) in [6.07, 6.45) is 17.7. The van der Waals surface area contributed by atoms with Crippen LogP contribution in [0.3, 0.4) is 0 Å². The van der Waals surface area contributed by atoms with E-state index in [1.807, 2.05) is 40.2 Å². The smallest absolute Gasteiger partial charge is 0.185 e. The molecule has 6 saturated carbocycles. The molecule has 4 bridgehead atoms. The average Bonchev–Trinajstić information content (AvgIpc) is 3.82. The number of carbonyl (C=O) groups is 1. The Kier molecular flexibility index (Phi) is 10.3. The van der Waals surface area contributed by atoms with Crippen LogP contribution in [-0.2, 0) is 4.79 Å². The lowest BCUT2D eigenvalue weighted by atomic mass is 9.39. The third kappa shape index (κ3) is 5.79. The molecule has 2 heterocycles. The lowest BCUT2D eigenvalue weighted by Gasteiger charge is -2.66. The Balaban J connectivity index is 1.14. The molecule has 1 aliphatic heterocycles. The monoisotopic (exact) mass is 885 g/mol. The van der Waals surface area contributed by atoms with Crippen LogP contribution >= 0.6 is 21.6 Å². The van der Waals surface area contributed by atoms with Crippen molar-refractivity contribution < 1.29 is 25.2 Å². The number of ketones is 1. The van der Waals surface area contributed by atoms with Crippen molar-refractivity contribution in [2.24, 2.45) is 97.8 Å². The first kappa shape index (κ1) is 42.5. The summed E-state index contributed by atoms with van der Waals surface area (Å²) in [7, 11) is 3.77. The number of hydrogen-bond acceptors (Lipinski definition) is 9. The maximum absolute atomic E-state index is 14.7. The number of aromatic nitrogens is 2. The number of fused-ring (bicyclic) bond motifs is 9. The zero-order valence-electron chi connectivity index (χ0n) is 37.3. The van der Waals surface area contributed by atoms with Crippen LogP contribution in [0.2, 0.25) is 0 Å². The number of aliphatic imine (C=N–C) groups is 1. The molecule has 18 atom stereocenters. The minimum Gasteiger partial charge on any atom is -0.392 e. The maximum atomic E-state index is 14.7. The van der Waals surface area contributed by atoms with E-state index in [1.54, 1.807) is 22.3 Å². The largest absolute Gasteiger partial charge is 0.392 e. The summed E-state index contributed by atoms with van der Waals surface area (Å²) >= 11 is 0. The Labute approximate surface area is 376 Å². The van der Waals surface area contributed by atoms with Gasteiger partial charge < -0.3 is 36.5 Å². The topological polar surface area (TPSA) is 180 Å². The molecule has 62 heavy (non-hydrogen) atoms. The zero-order valence-corrected chi connectivity index (χ0v) is 38.9. The van der Waals surface area contributed by atoms with Crippen molar-refractivity contribution in [2.75, 3.05) is 18.1 Å². The molecule has 0 aromatic carbocycles. The van der Waals surface area contributed by atoms with Crippen molar-refractivity contribution >= 4 is 33.3 Å². The van der Waals surface area contributed by atoms with Gasteiger partial charge >= 0.3 is 0 Å². The molecule has 18 unspecified atom stereocenters. The molecule has 8 N–H and O–H groups in total. The Hall–Kier alpha value is -2.09. The van der Waals surface area contributed by atoms with Gasteiger partial charge in [0.1, 0.15) is 0 Å². The fourth-order valence-electron chi connectivity index (χ4n) is 18.2. The second-order valence-corrected chi connectivity index (χ2v) is 25.6. The average molecular weight is 886 g/mol. The van der Waals surface area contributed by atoms with Crippen molar-refractivity contribution in [1.82, 2.24) is 9.55 Å². The molecule has 7 fully saturated rings. The highest BCUT2D eigenvalue weighted by molar-refractivity contribution is 8.76. The van der Waals surface area contributed by atoms with Gasteiger partial charge in [-0.05, 0) is 141 Å². The van der Waals surface area contributed by atoms with Crippen LogP contribution in [0.15, 0.2) is 57.7 Å². The molecule has 11 rings (SSSR count). The normalized spacial score (nSPS) is 49.2. The SMILES string of the molecule is CC1(C)CC(n2ccnc2)CSSCC2CC3C4C(O)C5C6=C(CCCC6C4CCC4C(CN=C(N)N)C6C(=CC(=O)C7CC(O)C(O)CC76C)C2(O)C43C)C2CCCCC2=C51. The van der Waals surface area contributed by atoms with Crippen LogP contribution in [0, 0.1) is 81.3 Å². The molecule has 1 aromatic rings. The summed E-state index contributed by atoms with van der Waals surface area (Å²) in [5.74, 6) is 1.82. The van der Waals surface area contributed by atoms with Crippen molar-refractivity contribution in [3.63, 3.8) is 0 Å². The van der Waals surface area contributed by atoms with E-state index in [0.717, 1.165) is 62.0 Å². The lowest BCUT2D eigenvalue weighted by molar-refractivity contribution is -0.191. The molecule has 12 heteroatoms. The van der Waals surface area contributed by atoms with E-state index in [4.69, 9.17) is 16.5 Å². The fraction of sp³-hybridized carbons (Fsp3) is 0.780. The molecular formula is C50H71N5O5S2. The second-order valence-electron chi connectivity index (χ2n) is 23.1. The van der Waals surface area contributed by atoms with Crippen molar-refractivity contribution in [3.05, 3.63) is 52.7 Å². The van der Waals surface area contributed by atoms with E-state index in [-0.39, 0.29) is 77.5 Å². The highest BCUT2D eigenvalue weighted by Crippen LogP contribution is 2.77. The number of guanidine groups is 1. The van der Waals surface area contributed by atoms with Crippen LogP contribution in [0.1, 0.15) is 117 Å². The van der Waals surface area contributed by atoms with Crippen molar-refractivity contribution in [1.29, 1.82) is 0 Å². The van der Waals surface area contributed by atoms with Crippen LogP contribution in [0.5, 0.6) is 0 Å². The van der Waals surface area contributed by atoms with Crippen LogP contribution in [0.4, 0.5) is 0 Å². The van der Waals surface area contributed by atoms with Crippen LogP contribution in [0.25, 0.3) is 0 Å². The highest BCUT2D eigenvalue weighted by Gasteiger charge is 2.77. The third-order valence-corrected chi connectivity index (χ3v) is 22.8. The standard InChI is InChI=1S/C50H71N5O5S2/c1-47(2)19-26(55-15-14-53-24-55)23-62-61-22-25-16-35-41-30(29-11-7-10-28-27-8-5-6-9-31(27)44(47)42(40(28)29)45(41)59)12-13-33-32(21-54-46(51)52)43-36(50(25,60)49(33,35)4)18-37(56)34-17-38(57)39(58)20-48(34,43)3/h14-15,18,24-27,29-30,32-35,38-39,41-43,45,57-60H,5-13,16-17,19-23H2,1-4H3,(H4,51,52,54). The molecule has 0 spiro atoms. The molecule has 10 nitrogen and oxygen atoms in total. The van der Waals surface area contributed by atoms with Crippen LogP contribution < -0.4 is 11.5 Å². The van der Waals surface area contributed by atoms with Gasteiger partial charge in [0.2, 0.25) is 0 Å². The summed E-state index contributed by atoms with van der Waals surface area (Å²) in [4.78, 5) is 24.0. The number of aliphatic hydroxyl groups excluding tert-OH is 3. The van der Waals surface area contributed by atoms with Gasteiger partial charge in [-0.3, -0.25) is 9.79 Å². The summed E-state index contributed by atoms with van der Waals surface area (Å²) in [6.45, 7) is 9.86. The van der Waals surface area contributed by atoms with Gasteiger partial charge in [0.25, 0.3) is 0 Å². The minimum absolute atomic E-state index is 0.00800. The third-order valence-electron chi connectivity index (χ3n) is 20.2. The Bertz CT molecular complexity index is 2110. The molecule has 338 valence electrons. The number of nitrogens with two attached hydrogens (primary N) is 2. The van der Waals surface area contributed by atoms with E-state index < -0.39 is 40.7 Å². The number of hydrogen-bond donors (Lipinski definition) is 6. The van der Waals surface area contributed by atoms with Gasteiger partial charge in [0.05, 0.1) is 30.2 Å². The van der Waals surface area contributed by atoms with E-state index in [0.29, 0.717) is 24.3 Å². The number of nitrogens with zero attached hydrogens (tertiary/aromatic N) is 3. The summed E-state index contributed by atoms with van der Waals surface area (Å²) in [5, 5.41) is 50.8. The summed E-state index contributed by atoms with van der Waals surface area (Å²) < 4.78 is 2.31. The number of rotatable bonds is 3. The molecule has 10 aliphatic rings. The first-order valence-corrected chi connectivity index (χ1v) is 26.9. The molecular weight excluding hydrogens is 815 g/mol. The number of imidazole rings is 1. The van der Waals surface area contributed by atoms with Gasteiger partial charge in [0, 0.05) is 65.6 Å². The van der Waals surface area contributed by atoms with Gasteiger partial charge in [0.15, 0.2) is 11.7 Å². The number of carbonyl (C=O) groups excluding carboxylic acids is 1. The highest BCUT2D eigenvalue weighted by atomic mass is 33.1. The lowest BCUT2D eigenvalue weighted by Crippen LogP contribution is -2.68. The molecule has 1 saturated heterocycles. The van der Waals surface area contributed by atoms with Gasteiger partial charge in [-0.1, -0.05) is 78.0 Å². The number of aliphatic hydroxyl groups is 4. The quantitative estimate of drug-likeness (QED) is 0.0801. The molecule has 9 aliphatic carbocycles.